The minimum atomic E-state index is -0.820. The van der Waals surface area contributed by atoms with Gasteiger partial charge in [-0.3, -0.25) is 14.9 Å². The molecule has 8 heteroatoms. The van der Waals surface area contributed by atoms with E-state index in [1.807, 2.05) is 30.3 Å². The number of nitro groups is 1. The average Bonchev–Trinajstić information content (AvgIpc) is 2.74. The average molecular weight is 422 g/mol. The predicted molar refractivity (Wildman–Crippen MR) is 111 cm³/mol. The summed E-state index contributed by atoms with van der Waals surface area (Å²) in [4.78, 5) is 35.2. The number of hydrogen-bond donors (Lipinski definition) is 0. The van der Waals surface area contributed by atoms with Crippen LogP contribution in [-0.2, 0) is 0 Å². The predicted octanol–water partition coefficient (Wildman–Crippen LogP) is 5.24. The van der Waals surface area contributed by atoms with E-state index < -0.39 is 16.6 Å². The van der Waals surface area contributed by atoms with Crippen LogP contribution < -0.4 is 10.2 Å². The van der Waals surface area contributed by atoms with Crippen molar-refractivity contribution in [2.45, 2.75) is 0 Å². The first-order valence-corrected chi connectivity index (χ1v) is 9.09. The van der Waals surface area contributed by atoms with Crippen LogP contribution in [0, 0.1) is 10.1 Å². The molecule has 0 spiro atoms. The Bertz CT molecular complexity index is 1350. The van der Waals surface area contributed by atoms with Crippen molar-refractivity contribution in [2.75, 3.05) is 0 Å². The third kappa shape index (κ3) is 3.78. The van der Waals surface area contributed by atoms with Crippen molar-refractivity contribution in [1.82, 2.24) is 0 Å². The second kappa shape index (κ2) is 7.81. The maximum atomic E-state index is 12.5. The fraction of sp³-hybridized carbons (Fsp3) is 0. The summed E-state index contributed by atoms with van der Waals surface area (Å²) in [6, 6.07) is 18.5. The van der Waals surface area contributed by atoms with E-state index in [1.54, 1.807) is 0 Å². The number of hydrogen-bond acceptors (Lipinski definition) is 6. The second-order valence-corrected chi connectivity index (χ2v) is 6.72. The molecule has 7 nitrogen and oxygen atoms in total. The molecule has 1 aromatic heterocycles. The van der Waals surface area contributed by atoms with Gasteiger partial charge in [0.15, 0.2) is 5.43 Å². The van der Waals surface area contributed by atoms with Crippen molar-refractivity contribution in [2.24, 2.45) is 0 Å². The smallest absolute Gasteiger partial charge is 0.343 e. The van der Waals surface area contributed by atoms with Gasteiger partial charge in [0.05, 0.1) is 15.9 Å². The molecule has 0 bridgehead atoms. The Morgan fingerprint density at radius 3 is 2.50 bits per heavy atom. The largest absolute Gasteiger partial charge is 0.456 e. The molecule has 4 aromatic rings. The van der Waals surface area contributed by atoms with Crippen LogP contribution in [0.2, 0.25) is 5.02 Å². The van der Waals surface area contributed by atoms with Crippen LogP contribution in [0.1, 0.15) is 10.4 Å². The summed E-state index contributed by atoms with van der Waals surface area (Å²) in [6.07, 6.45) is 0. The van der Waals surface area contributed by atoms with Gasteiger partial charge in [0.2, 0.25) is 0 Å². The molecule has 0 radical (unpaired) electrons. The maximum Gasteiger partial charge on any atom is 0.343 e. The zero-order valence-corrected chi connectivity index (χ0v) is 16.0. The summed E-state index contributed by atoms with van der Waals surface area (Å²) in [5.74, 6) is -0.296. The zero-order chi connectivity index (χ0) is 21.3. The van der Waals surface area contributed by atoms with Gasteiger partial charge in [-0.25, -0.2) is 4.79 Å². The first kappa shape index (κ1) is 19.4. The molecule has 0 aliphatic carbocycles. The van der Waals surface area contributed by atoms with Crippen LogP contribution in [0.25, 0.3) is 22.3 Å². The zero-order valence-electron chi connectivity index (χ0n) is 15.2. The van der Waals surface area contributed by atoms with Crippen molar-refractivity contribution in [3.63, 3.8) is 0 Å². The van der Waals surface area contributed by atoms with E-state index >= 15 is 0 Å². The molecule has 1 heterocycles. The van der Waals surface area contributed by atoms with E-state index in [0.717, 1.165) is 11.6 Å². The van der Waals surface area contributed by atoms with E-state index in [9.17, 15) is 19.7 Å². The first-order valence-electron chi connectivity index (χ1n) is 8.72. The molecule has 4 rings (SSSR count). The lowest BCUT2D eigenvalue weighted by Gasteiger charge is -2.07. The van der Waals surface area contributed by atoms with Crippen LogP contribution in [0.5, 0.6) is 5.75 Å². The Morgan fingerprint density at radius 1 is 1.00 bits per heavy atom. The minimum Gasteiger partial charge on any atom is -0.456 e. The van der Waals surface area contributed by atoms with Crippen LogP contribution in [-0.4, -0.2) is 10.9 Å². The topological polar surface area (TPSA) is 99.7 Å². The molecule has 0 aliphatic heterocycles. The summed E-state index contributed by atoms with van der Waals surface area (Å²) < 4.78 is 11.1. The van der Waals surface area contributed by atoms with E-state index in [1.165, 1.54) is 36.4 Å². The quantitative estimate of drug-likeness (QED) is 0.193. The summed E-state index contributed by atoms with van der Waals surface area (Å²) in [6.45, 7) is 0. The molecular formula is C22H12ClNO6. The third-order valence-corrected chi connectivity index (χ3v) is 4.67. The van der Waals surface area contributed by atoms with Crippen molar-refractivity contribution >= 4 is 34.2 Å². The van der Waals surface area contributed by atoms with Crippen molar-refractivity contribution in [1.29, 1.82) is 0 Å². The van der Waals surface area contributed by atoms with Crippen LogP contribution in [0.15, 0.2) is 82.0 Å². The van der Waals surface area contributed by atoms with Gasteiger partial charge < -0.3 is 9.15 Å². The summed E-state index contributed by atoms with van der Waals surface area (Å²) in [7, 11) is 0. The Labute approximate surface area is 174 Å². The Balaban J connectivity index is 1.65. The lowest BCUT2D eigenvalue weighted by Crippen LogP contribution is -2.09. The third-order valence-electron chi connectivity index (χ3n) is 4.35. The van der Waals surface area contributed by atoms with Crippen molar-refractivity contribution in [3.05, 3.63) is 104 Å². The van der Waals surface area contributed by atoms with Crippen LogP contribution in [0.3, 0.4) is 0 Å². The molecule has 0 aliphatic rings. The highest BCUT2D eigenvalue weighted by Crippen LogP contribution is 2.27. The van der Waals surface area contributed by atoms with Gasteiger partial charge >= 0.3 is 5.97 Å². The summed E-state index contributed by atoms with van der Waals surface area (Å²) in [5.41, 5.74) is 0.353. The second-order valence-electron chi connectivity index (χ2n) is 6.31. The fourth-order valence-corrected chi connectivity index (χ4v) is 3.08. The number of ether oxygens (including phenoxy) is 1. The number of benzene rings is 3. The van der Waals surface area contributed by atoms with Crippen LogP contribution in [0.4, 0.5) is 5.69 Å². The maximum absolute atomic E-state index is 12.5. The lowest BCUT2D eigenvalue weighted by atomic mass is 10.1. The van der Waals surface area contributed by atoms with E-state index in [-0.39, 0.29) is 27.2 Å². The molecule has 3 aromatic carbocycles. The molecular weight excluding hydrogens is 410 g/mol. The molecule has 0 fully saturated rings. The molecule has 0 atom stereocenters. The Hall–Kier alpha value is -3.97. The highest BCUT2D eigenvalue weighted by molar-refractivity contribution is 6.32. The molecule has 148 valence electrons. The van der Waals surface area contributed by atoms with Gasteiger partial charge in [0.1, 0.15) is 22.1 Å². The highest BCUT2D eigenvalue weighted by Gasteiger charge is 2.18. The lowest BCUT2D eigenvalue weighted by molar-refractivity contribution is -0.384. The molecule has 0 amide bonds. The van der Waals surface area contributed by atoms with Crippen molar-refractivity contribution < 1.29 is 18.9 Å². The number of rotatable bonds is 4. The van der Waals surface area contributed by atoms with E-state index in [2.05, 4.69) is 0 Å². The van der Waals surface area contributed by atoms with Gasteiger partial charge in [-0.1, -0.05) is 41.9 Å². The number of fused-ring (bicyclic) bond motifs is 1. The summed E-state index contributed by atoms with van der Waals surface area (Å²) in [5, 5.41) is 11.1. The van der Waals surface area contributed by atoms with Gasteiger partial charge in [-0.2, -0.15) is 0 Å². The van der Waals surface area contributed by atoms with Gasteiger partial charge in [-0.15, -0.1) is 0 Å². The standard InChI is InChI=1S/C22H12ClNO6/c23-17-8-6-14(10-18(17)24(27)28)22(26)29-15-7-9-20-16(11-15)19(25)12-21(30-20)13-4-2-1-3-5-13/h1-12H. The van der Waals surface area contributed by atoms with E-state index in [4.69, 9.17) is 20.8 Å². The first-order chi connectivity index (χ1) is 14.4. The van der Waals surface area contributed by atoms with Crippen molar-refractivity contribution in [3.8, 4) is 17.1 Å². The summed E-state index contributed by atoms with van der Waals surface area (Å²) >= 11 is 5.76. The number of nitrogens with zero attached hydrogens (tertiary/aromatic N) is 1. The molecule has 0 unspecified atom stereocenters. The normalized spacial score (nSPS) is 10.7. The number of nitro benzene ring substituents is 1. The molecule has 0 saturated heterocycles. The number of carbonyl (C=O) groups is 1. The van der Waals surface area contributed by atoms with Crippen LogP contribution >= 0.6 is 11.6 Å². The number of carbonyl (C=O) groups excluding carboxylic acids is 1. The van der Waals surface area contributed by atoms with Gasteiger partial charge in [-0.05, 0) is 30.3 Å². The minimum absolute atomic E-state index is 0.0438. The highest BCUT2D eigenvalue weighted by atomic mass is 35.5. The molecule has 0 saturated carbocycles. The SMILES string of the molecule is O=C(Oc1ccc2oc(-c3ccccc3)cc(=O)c2c1)c1ccc(Cl)c([N+](=O)[O-])c1. The number of esters is 1. The Morgan fingerprint density at radius 2 is 1.77 bits per heavy atom. The monoisotopic (exact) mass is 421 g/mol. The fourth-order valence-electron chi connectivity index (χ4n) is 2.89. The number of halogens is 1. The molecule has 30 heavy (non-hydrogen) atoms. The Kier molecular flexibility index (Phi) is 5.04. The van der Waals surface area contributed by atoms with Gasteiger partial charge in [0.25, 0.3) is 5.69 Å². The van der Waals surface area contributed by atoms with E-state index in [0.29, 0.717) is 11.3 Å². The van der Waals surface area contributed by atoms with Gasteiger partial charge in [0, 0.05) is 17.7 Å². The molecule has 0 N–H and O–H groups in total.